The molecule has 38 heavy (non-hydrogen) atoms. The largest absolute Gasteiger partial charge is 0.493 e. The first-order chi connectivity index (χ1) is 17.8. The van der Waals surface area contributed by atoms with Crippen LogP contribution in [0.2, 0.25) is 0 Å². The van der Waals surface area contributed by atoms with E-state index in [2.05, 4.69) is 9.97 Å². The molecule has 1 saturated heterocycles. The van der Waals surface area contributed by atoms with E-state index < -0.39 is 17.5 Å². The van der Waals surface area contributed by atoms with E-state index in [4.69, 9.17) is 9.84 Å². The maximum atomic E-state index is 13.5. The van der Waals surface area contributed by atoms with Crippen molar-refractivity contribution in [3.8, 4) is 16.9 Å². The van der Waals surface area contributed by atoms with E-state index in [0.717, 1.165) is 50.0 Å². The van der Waals surface area contributed by atoms with Gasteiger partial charge in [-0.3, -0.25) is 9.78 Å². The first-order valence-electron chi connectivity index (χ1n) is 12.3. The third kappa shape index (κ3) is 5.15. The number of aromatic nitrogens is 2. The molecule has 0 spiro atoms. The fourth-order valence-electron chi connectivity index (χ4n) is 4.77. The van der Waals surface area contributed by atoms with Crippen molar-refractivity contribution in [1.82, 2.24) is 9.97 Å². The second kappa shape index (κ2) is 9.43. The average Bonchev–Trinajstić information content (AvgIpc) is 3.21. The molecule has 2 aliphatic rings. The van der Waals surface area contributed by atoms with Crippen molar-refractivity contribution >= 4 is 43.6 Å². The summed E-state index contributed by atoms with van der Waals surface area (Å²) in [7, 11) is 0. The molecule has 7 nitrogen and oxygen atoms in total. The second-order valence-electron chi connectivity index (χ2n) is 10.7. The van der Waals surface area contributed by atoms with E-state index in [-0.39, 0.29) is 19.5 Å². The number of alkyl halides is 2. The van der Waals surface area contributed by atoms with Gasteiger partial charge in [-0.05, 0) is 68.7 Å². The number of anilines is 1. The van der Waals surface area contributed by atoms with Gasteiger partial charge in [-0.25, -0.2) is 13.8 Å². The molecule has 6 rings (SSSR count). The molecule has 4 heterocycles. The molecule has 0 saturated carbocycles. The van der Waals surface area contributed by atoms with Gasteiger partial charge in [-0.1, -0.05) is 11.3 Å². The number of hydrogen-bond acceptors (Lipinski definition) is 7. The molecular formula is C28H29F2N3O4S. The summed E-state index contributed by atoms with van der Waals surface area (Å²) >= 11 is 1.32. The normalized spacial score (nSPS) is 16.0. The highest BCUT2D eigenvalue weighted by Gasteiger charge is 2.45. The zero-order valence-electron chi connectivity index (χ0n) is 21.6. The first-order valence-corrected chi connectivity index (χ1v) is 13.2. The number of halogens is 2. The van der Waals surface area contributed by atoms with Crippen LogP contribution in [0.5, 0.6) is 5.75 Å². The van der Waals surface area contributed by atoms with Gasteiger partial charge in [-0.2, -0.15) is 0 Å². The summed E-state index contributed by atoms with van der Waals surface area (Å²) < 4.78 is 33.6. The lowest BCUT2D eigenvalue weighted by molar-refractivity contribution is -0.136. The molecular weight excluding hydrogens is 512 g/mol. The molecule has 0 atom stereocenters. The minimum absolute atomic E-state index is 0.161. The Morgan fingerprint density at radius 1 is 1.24 bits per heavy atom. The lowest BCUT2D eigenvalue weighted by Gasteiger charge is -2.38. The van der Waals surface area contributed by atoms with Gasteiger partial charge in [0.1, 0.15) is 5.75 Å². The van der Waals surface area contributed by atoms with E-state index in [0.29, 0.717) is 22.8 Å². The Labute approximate surface area is 222 Å². The molecule has 0 unspecified atom stereocenters. The molecule has 0 aliphatic carbocycles. The van der Waals surface area contributed by atoms with Crippen molar-refractivity contribution in [3.05, 3.63) is 47.2 Å². The zero-order chi connectivity index (χ0) is 27.4. The predicted molar refractivity (Wildman–Crippen MR) is 145 cm³/mol. The molecule has 4 aromatic rings. The number of carboxylic acids is 1. The van der Waals surface area contributed by atoms with Crippen LogP contribution in [0.15, 0.2) is 30.5 Å². The highest BCUT2D eigenvalue weighted by Crippen LogP contribution is 2.46. The Hall–Kier alpha value is -3.37. The van der Waals surface area contributed by atoms with Crippen LogP contribution in [0.25, 0.3) is 32.2 Å². The molecule has 200 valence electrons. The number of benzene rings is 2. The number of aliphatic hydroxyl groups is 1. The maximum Gasteiger partial charge on any atom is 0.307 e. The van der Waals surface area contributed by atoms with Gasteiger partial charge in [0, 0.05) is 29.1 Å². The number of aryl methyl sites for hydroxylation is 1. The minimum atomic E-state index is -2.70. The number of carboxylic acid groups (broad SMARTS) is 1. The molecule has 10 heteroatoms. The summed E-state index contributed by atoms with van der Waals surface area (Å²) in [4.78, 5) is 22.6. The van der Waals surface area contributed by atoms with E-state index in [1.807, 2.05) is 31.2 Å². The Kier molecular flexibility index (Phi) is 6.51. The third-order valence-corrected chi connectivity index (χ3v) is 7.43. The van der Waals surface area contributed by atoms with Crippen molar-refractivity contribution in [2.45, 2.75) is 52.1 Å². The standard InChI is InChI=1S/C24H19F2N3O3S.C4H10O/c1-12-8-16-22(33-23(28-16)29-10-24(25,26)11-29)20(15(12)9-18(30)31)14-2-3-17-19-13(5-7-32-17)4-6-27-21(14)19;1-4(2,3)5/h2-4,6,8H,5,7,9-11H2,1H3,(H,30,31);5H,1-3H3. The molecule has 2 N–H and O–H groups in total. The average molecular weight is 542 g/mol. The second-order valence-corrected chi connectivity index (χ2v) is 11.7. The number of aliphatic carboxylic acids is 1. The number of hydrogen-bond donors (Lipinski definition) is 2. The van der Waals surface area contributed by atoms with Gasteiger partial charge in [0.2, 0.25) is 0 Å². The molecule has 0 amide bonds. The van der Waals surface area contributed by atoms with E-state index in [1.54, 1.807) is 31.9 Å². The van der Waals surface area contributed by atoms with Crippen molar-refractivity contribution in [2.75, 3.05) is 24.6 Å². The van der Waals surface area contributed by atoms with Crippen molar-refractivity contribution in [3.63, 3.8) is 0 Å². The van der Waals surface area contributed by atoms with Gasteiger partial charge >= 0.3 is 5.97 Å². The van der Waals surface area contributed by atoms with Crippen LogP contribution in [-0.2, 0) is 17.6 Å². The number of thiazole rings is 1. The van der Waals surface area contributed by atoms with Crippen LogP contribution < -0.4 is 9.64 Å². The maximum absolute atomic E-state index is 13.5. The summed E-state index contributed by atoms with van der Waals surface area (Å²) in [6.07, 6.45) is 2.38. The Morgan fingerprint density at radius 2 is 1.95 bits per heavy atom. The Balaban J connectivity index is 0.000000540. The molecule has 1 fully saturated rings. The summed E-state index contributed by atoms with van der Waals surface area (Å²) in [5, 5.41) is 19.6. The van der Waals surface area contributed by atoms with Crippen LogP contribution in [0.3, 0.4) is 0 Å². The summed E-state index contributed by atoms with van der Waals surface area (Å²) in [5.74, 6) is -2.88. The van der Waals surface area contributed by atoms with E-state index >= 15 is 0 Å². The third-order valence-electron chi connectivity index (χ3n) is 6.28. The molecule has 0 bridgehead atoms. The number of fused-ring (bicyclic) bond motifs is 1. The molecule has 2 aliphatic heterocycles. The quantitative estimate of drug-likeness (QED) is 0.347. The van der Waals surface area contributed by atoms with Crippen LogP contribution in [0, 0.1) is 6.92 Å². The summed E-state index contributed by atoms with van der Waals surface area (Å²) in [5.41, 5.74) is 5.08. The van der Waals surface area contributed by atoms with Crippen LogP contribution >= 0.6 is 11.3 Å². The molecule has 0 radical (unpaired) electrons. The summed E-state index contributed by atoms with van der Waals surface area (Å²) in [6, 6.07) is 7.64. The Bertz CT molecular complexity index is 1540. The smallest absolute Gasteiger partial charge is 0.307 e. The highest BCUT2D eigenvalue weighted by molar-refractivity contribution is 7.22. The zero-order valence-corrected chi connectivity index (χ0v) is 22.5. The number of carbonyl (C=O) groups is 1. The summed E-state index contributed by atoms with van der Waals surface area (Å²) in [6.45, 7) is 6.97. The van der Waals surface area contributed by atoms with Crippen LogP contribution in [0.1, 0.15) is 37.5 Å². The fourth-order valence-corrected chi connectivity index (χ4v) is 5.90. The highest BCUT2D eigenvalue weighted by atomic mass is 32.1. The van der Waals surface area contributed by atoms with Crippen molar-refractivity contribution in [2.24, 2.45) is 0 Å². The lowest BCUT2D eigenvalue weighted by atomic mass is 9.90. The monoisotopic (exact) mass is 541 g/mol. The van der Waals surface area contributed by atoms with Gasteiger partial charge in [0.05, 0.1) is 47.5 Å². The van der Waals surface area contributed by atoms with E-state index in [9.17, 15) is 18.7 Å². The van der Waals surface area contributed by atoms with Gasteiger partial charge < -0.3 is 19.8 Å². The van der Waals surface area contributed by atoms with Crippen molar-refractivity contribution < 1.29 is 28.5 Å². The fraction of sp³-hybridized carbons (Fsp3) is 0.393. The SMILES string of the molecule is CC(C)(C)O.Cc1cc2nc(N3CC(F)(F)C3)sc2c(-c2ccc3c4c(ccnc24)CCO3)c1CC(=O)O. The predicted octanol–water partition coefficient (Wildman–Crippen LogP) is 5.61. The van der Waals surface area contributed by atoms with Gasteiger partial charge in [0.25, 0.3) is 5.92 Å². The number of rotatable bonds is 4. The topological polar surface area (TPSA) is 95.8 Å². The Morgan fingerprint density at radius 3 is 2.61 bits per heavy atom. The number of nitrogens with zero attached hydrogens (tertiary/aromatic N) is 3. The van der Waals surface area contributed by atoms with E-state index in [1.165, 1.54) is 11.3 Å². The minimum Gasteiger partial charge on any atom is -0.493 e. The number of pyridine rings is 1. The van der Waals surface area contributed by atoms with Crippen LogP contribution in [0.4, 0.5) is 13.9 Å². The lowest BCUT2D eigenvalue weighted by Crippen LogP contribution is -2.56. The molecule has 2 aromatic heterocycles. The van der Waals surface area contributed by atoms with Gasteiger partial charge in [0.15, 0.2) is 5.13 Å². The molecule has 2 aromatic carbocycles. The van der Waals surface area contributed by atoms with Crippen LogP contribution in [-0.4, -0.2) is 57.4 Å². The number of ether oxygens (including phenoxy) is 1. The van der Waals surface area contributed by atoms with Crippen molar-refractivity contribution in [1.29, 1.82) is 0 Å². The first kappa shape index (κ1) is 26.2. The van der Waals surface area contributed by atoms with Gasteiger partial charge in [-0.15, -0.1) is 0 Å².